The number of aromatic nitrogens is 1. The zero-order chi connectivity index (χ0) is 20.5. The first kappa shape index (κ1) is 21.1. The zero-order valence-electron chi connectivity index (χ0n) is 17.1. The van der Waals surface area contributed by atoms with Crippen LogP contribution in [0.25, 0.3) is 0 Å². The molecule has 0 bridgehead atoms. The number of hydrogen-bond donors (Lipinski definition) is 2. The molecule has 1 aromatic carbocycles. The third-order valence-electron chi connectivity index (χ3n) is 5.21. The lowest BCUT2D eigenvalue weighted by atomic mass is 9.90. The van der Waals surface area contributed by atoms with Gasteiger partial charge in [0.15, 0.2) is 0 Å². The van der Waals surface area contributed by atoms with E-state index in [1.165, 1.54) is 0 Å². The first-order valence-corrected chi connectivity index (χ1v) is 10.1. The molecule has 1 aliphatic heterocycles. The number of nitrogens with zero attached hydrogens (tertiary/aromatic N) is 2. The molecule has 2 aromatic rings. The number of pyridine rings is 1. The van der Waals surface area contributed by atoms with Gasteiger partial charge in [-0.3, -0.25) is 9.88 Å². The van der Waals surface area contributed by atoms with Gasteiger partial charge in [-0.15, -0.1) is 0 Å². The highest BCUT2D eigenvalue weighted by Gasteiger charge is 2.30. The summed E-state index contributed by atoms with van der Waals surface area (Å²) in [5.41, 5.74) is 1.84. The molecule has 1 aliphatic rings. The van der Waals surface area contributed by atoms with Crippen LogP contribution < -0.4 is 20.3 Å². The lowest BCUT2D eigenvalue weighted by molar-refractivity contribution is 0.195. The molecule has 156 valence electrons. The summed E-state index contributed by atoms with van der Waals surface area (Å²) < 4.78 is 10.4. The Balaban J connectivity index is 1.73. The summed E-state index contributed by atoms with van der Waals surface area (Å²) in [5.74, 6) is 0.835. The Morgan fingerprint density at radius 1 is 1.24 bits per heavy atom. The van der Waals surface area contributed by atoms with Gasteiger partial charge in [0.1, 0.15) is 5.75 Å². The van der Waals surface area contributed by atoms with Gasteiger partial charge in [-0.05, 0) is 43.7 Å². The quantitative estimate of drug-likeness (QED) is 0.669. The van der Waals surface area contributed by atoms with E-state index >= 15 is 0 Å². The van der Waals surface area contributed by atoms with E-state index in [9.17, 15) is 4.79 Å². The molecule has 3 rings (SSSR count). The molecule has 0 spiro atoms. The van der Waals surface area contributed by atoms with Gasteiger partial charge in [0.25, 0.3) is 0 Å². The standard InChI is InChI=1S/C22H30N4O3/c1-28-14-6-13-26(17-7-4-3-5-8-17)22(27)25-21-11-12-23-16-19(21)20-10-9-18(29-2)15-24-20/h3-5,7-10,15,19,21,23H,6,11-14,16H2,1-2H3,(H,25,27). The predicted octanol–water partition coefficient (Wildman–Crippen LogP) is 2.79. The number of carbonyl (C=O) groups excluding carboxylic acids is 1. The Morgan fingerprint density at radius 2 is 2.07 bits per heavy atom. The van der Waals surface area contributed by atoms with Gasteiger partial charge in [0.2, 0.25) is 0 Å². The Kier molecular flexibility index (Phi) is 7.84. The predicted molar refractivity (Wildman–Crippen MR) is 114 cm³/mol. The van der Waals surface area contributed by atoms with Crippen LogP contribution in [0.1, 0.15) is 24.5 Å². The summed E-state index contributed by atoms with van der Waals surface area (Å²) in [6.07, 6.45) is 3.35. The molecule has 1 fully saturated rings. The van der Waals surface area contributed by atoms with Gasteiger partial charge in [0.05, 0.1) is 13.3 Å². The average Bonchev–Trinajstić information content (AvgIpc) is 2.78. The molecular weight excluding hydrogens is 368 g/mol. The molecule has 2 heterocycles. The second kappa shape index (κ2) is 10.8. The van der Waals surface area contributed by atoms with E-state index in [1.54, 1.807) is 25.3 Å². The molecule has 2 N–H and O–H groups in total. The third-order valence-corrected chi connectivity index (χ3v) is 5.21. The van der Waals surface area contributed by atoms with Gasteiger partial charge in [-0.2, -0.15) is 0 Å². The van der Waals surface area contributed by atoms with E-state index in [0.717, 1.165) is 43.1 Å². The second-order valence-corrected chi connectivity index (χ2v) is 7.11. The molecule has 2 amide bonds. The van der Waals surface area contributed by atoms with E-state index in [0.29, 0.717) is 13.2 Å². The van der Waals surface area contributed by atoms with E-state index in [-0.39, 0.29) is 18.0 Å². The monoisotopic (exact) mass is 398 g/mol. The van der Waals surface area contributed by atoms with Crippen molar-refractivity contribution in [2.45, 2.75) is 24.8 Å². The number of carbonyl (C=O) groups is 1. The van der Waals surface area contributed by atoms with Gasteiger partial charge in [0, 0.05) is 50.1 Å². The van der Waals surface area contributed by atoms with Gasteiger partial charge >= 0.3 is 6.03 Å². The van der Waals surface area contributed by atoms with Crippen LogP contribution in [0.5, 0.6) is 5.75 Å². The molecule has 1 saturated heterocycles. The minimum Gasteiger partial charge on any atom is -0.495 e. The number of para-hydroxylation sites is 1. The molecule has 0 radical (unpaired) electrons. The maximum atomic E-state index is 13.2. The fourth-order valence-electron chi connectivity index (χ4n) is 3.63. The zero-order valence-corrected chi connectivity index (χ0v) is 17.1. The average molecular weight is 399 g/mol. The number of anilines is 1. The Morgan fingerprint density at radius 3 is 2.76 bits per heavy atom. The summed E-state index contributed by atoms with van der Waals surface area (Å²) in [5, 5.41) is 6.67. The van der Waals surface area contributed by atoms with Crippen LogP contribution >= 0.6 is 0 Å². The van der Waals surface area contributed by atoms with Crippen LogP contribution in [-0.4, -0.2) is 57.5 Å². The lowest BCUT2D eigenvalue weighted by Gasteiger charge is -2.34. The minimum atomic E-state index is -0.0854. The number of urea groups is 1. The first-order valence-electron chi connectivity index (χ1n) is 10.1. The maximum absolute atomic E-state index is 13.2. The number of rotatable bonds is 8. The number of benzene rings is 1. The third kappa shape index (κ3) is 5.68. The number of hydrogen-bond acceptors (Lipinski definition) is 5. The van der Waals surface area contributed by atoms with Crippen LogP contribution in [0.2, 0.25) is 0 Å². The van der Waals surface area contributed by atoms with E-state index < -0.39 is 0 Å². The van der Waals surface area contributed by atoms with Crippen molar-refractivity contribution in [3.63, 3.8) is 0 Å². The molecule has 0 aliphatic carbocycles. The van der Waals surface area contributed by atoms with E-state index in [4.69, 9.17) is 9.47 Å². The summed E-state index contributed by atoms with van der Waals surface area (Å²) >= 11 is 0. The number of amides is 2. The second-order valence-electron chi connectivity index (χ2n) is 7.11. The highest BCUT2D eigenvalue weighted by molar-refractivity contribution is 5.92. The van der Waals surface area contributed by atoms with Crippen LogP contribution in [0.4, 0.5) is 10.5 Å². The first-order chi connectivity index (χ1) is 14.2. The van der Waals surface area contributed by atoms with Crippen molar-refractivity contribution in [1.82, 2.24) is 15.6 Å². The van der Waals surface area contributed by atoms with E-state index in [2.05, 4.69) is 15.6 Å². The summed E-state index contributed by atoms with van der Waals surface area (Å²) in [6.45, 7) is 2.86. The van der Waals surface area contributed by atoms with Crippen molar-refractivity contribution < 1.29 is 14.3 Å². The molecule has 2 unspecified atom stereocenters. The SMILES string of the molecule is COCCCN(C(=O)NC1CCNCC1c1ccc(OC)cn1)c1ccccc1. The van der Waals surface area contributed by atoms with Crippen LogP contribution in [0.15, 0.2) is 48.7 Å². The molecule has 7 nitrogen and oxygen atoms in total. The van der Waals surface area contributed by atoms with Gasteiger partial charge in [-0.1, -0.05) is 18.2 Å². The van der Waals surface area contributed by atoms with Crippen LogP contribution in [-0.2, 0) is 4.74 Å². The summed E-state index contributed by atoms with van der Waals surface area (Å²) in [6, 6.07) is 13.6. The molecule has 1 aromatic heterocycles. The number of methoxy groups -OCH3 is 2. The molecular formula is C22H30N4O3. The van der Waals surface area contributed by atoms with E-state index in [1.807, 2.05) is 42.5 Å². The minimum absolute atomic E-state index is 0.0123. The van der Waals surface area contributed by atoms with Gasteiger partial charge < -0.3 is 20.1 Å². The maximum Gasteiger partial charge on any atom is 0.322 e. The van der Waals surface area contributed by atoms with Gasteiger partial charge in [-0.25, -0.2) is 4.79 Å². The van der Waals surface area contributed by atoms with Crippen molar-refractivity contribution in [3.8, 4) is 5.75 Å². The summed E-state index contributed by atoms with van der Waals surface area (Å²) in [7, 11) is 3.30. The van der Waals surface area contributed by atoms with Crippen LogP contribution in [0, 0.1) is 0 Å². The smallest absolute Gasteiger partial charge is 0.322 e. The molecule has 7 heteroatoms. The Labute approximate surface area is 172 Å². The molecule has 0 saturated carbocycles. The van der Waals surface area contributed by atoms with Crippen molar-refractivity contribution in [2.75, 3.05) is 45.4 Å². The van der Waals surface area contributed by atoms with Crippen LogP contribution in [0.3, 0.4) is 0 Å². The normalized spacial score (nSPS) is 18.8. The number of nitrogens with one attached hydrogen (secondary N) is 2. The molecule has 29 heavy (non-hydrogen) atoms. The van der Waals surface area contributed by atoms with Crippen molar-refractivity contribution in [2.24, 2.45) is 0 Å². The fourth-order valence-corrected chi connectivity index (χ4v) is 3.63. The molecule has 2 atom stereocenters. The number of piperidine rings is 1. The number of ether oxygens (including phenoxy) is 2. The van der Waals surface area contributed by atoms with Crippen molar-refractivity contribution in [1.29, 1.82) is 0 Å². The lowest BCUT2D eigenvalue weighted by Crippen LogP contribution is -2.52. The topological polar surface area (TPSA) is 75.7 Å². The Hall–Kier alpha value is -2.64. The highest BCUT2D eigenvalue weighted by atomic mass is 16.5. The Bertz CT molecular complexity index is 754. The summed E-state index contributed by atoms with van der Waals surface area (Å²) in [4.78, 5) is 19.5. The van der Waals surface area contributed by atoms with Crippen molar-refractivity contribution >= 4 is 11.7 Å². The fraction of sp³-hybridized carbons (Fsp3) is 0.455. The largest absolute Gasteiger partial charge is 0.495 e. The highest BCUT2D eigenvalue weighted by Crippen LogP contribution is 2.24. The van der Waals surface area contributed by atoms with Crippen molar-refractivity contribution in [3.05, 3.63) is 54.4 Å².